The van der Waals surface area contributed by atoms with Crippen LogP contribution in [0.2, 0.25) is 0 Å². The highest BCUT2D eigenvalue weighted by Gasteiger charge is 2.31. The number of rotatable bonds is 7. The third-order valence-electron chi connectivity index (χ3n) is 4.08. The van der Waals surface area contributed by atoms with Crippen LogP contribution in [0, 0.1) is 0 Å². The van der Waals surface area contributed by atoms with Crippen LogP contribution >= 0.6 is 0 Å². The molecular formula is C18H24O6. The molecule has 132 valence electrons. The molecule has 1 unspecified atom stereocenters. The molecular weight excluding hydrogens is 312 g/mol. The van der Waals surface area contributed by atoms with Crippen LogP contribution in [0.25, 0.3) is 11.0 Å². The van der Waals surface area contributed by atoms with Crippen LogP contribution in [0.15, 0.2) is 27.4 Å². The minimum absolute atomic E-state index is 0.272. The number of hydrogen-bond donors (Lipinski definition) is 1. The van der Waals surface area contributed by atoms with Crippen LogP contribution in [0.1, 0.15) is 26.3 Å². The number of methoxy groups -OCH3 is 2. The third-order valence-corrected chi connectivity index (χ3v) is 4.08. The van der Waals surface area contributed by atoms with Gasteiger partial charge in [0.15, 0.2) is 0 Å². The van der Waals surface area contributed by atoms with E-state index in [1.54, 1.807) is 12.1 Å². The van der Waals surface area contributed by atoms with E-state index in [1.807, 2.05) is 20.8 Å². The van der Waals surface area contributed by atoms with Crippen LogP contribution in [0.3, 0.4) is 0 Å². The first-order valence-corrected chi connectivity index (χ1v) is 7.83. The van der Waals surface area contributed by atoms with E-state index in [-0.39, 0.29) is 6.42 Å². The third kappa shape index (κ3) is 3.55. The lowest BCUT2D eigenvalue weighted by Crippen LogP contribution is -2.40. The normalized spacial score (nSPS) is 13.1. The van der Waals surface area contributed by atoms with Gasteiger partial charge in [-0.3, -0.25) is 0 Å². The molecule has 0 saturated heterocycles. The van der Waals surface area contributed by atoms with Gasteiger partial charge in [-0.15, -0.1) is 0 Å². The highest BCUT2D eigenvalue weighted by Crippen LogP contribution is 2.38. The topological polar surface area (TPSA) is 78.1 Å². The van der Waals surface area contributed by atoms with Gasteiger partial charge in [-0.25, -0.2) is 4.79 Å². The van der Waals surface area contributed by atoms with Crippen molar-refractivity contribution in [3.8, 4) is 11.5 Å². The van der Waals surface area contributed by atoms with Crippen LogP contribution < -0.4 is 15.1 Å². The van der Waals surface area contributed by atoms with E-state index >= 15 is 0 Å². The number of aliphatic hydroxyl groups is 1. The molecule has 0 radical (unpaired) electrons. The molecule has 1 atom stereocenters. The van der Waals surface area contributed by atoms with Gasteiger partial charge in [0, 0.05) is 30.7 Å². The van der Waals surface area contributed by atoms with Crippen molar-refractivity contribution in [3.05, 3.63) is 34.2 Å². The van der Waals surface area contributed by atoms with Crippen LogP contribution in [0.4, 0.5) is 0 Å². The largest absolute Gasteiger partial charge is 0.496 e. The molecule has 0 bridgehead atoms. The minimum atomic E-state index is -0.770. The van der Waals surface area contributed by atoms with E-state index in [0.29, 0.717) is 34.6 Å². The summed E-state index contributed by atoms with van der Waals surface area (Å²) in [6, 6.07) is 4.61. The Morgan fingerprint density at radius 2 is 1.96 bits per heavy atom. The van der Waals surface area contributed by atoms with Crippen LogP contribution in [-0.4, -0.2) is 37.6 Å². The molecule has 6 nitrogen and oxygen atoms in total. The number of fused-ring (bicyclic) bond motifs is 1. The van der Waals surface area contributed by atoms with Gasteiger partial charge >= 0.3 is 5.63 Å². The molecule has 24 heavy (non-hydrogen) atoms. The fourth-order valence-electron chi connectivity index (χ4n) is 2.72. The molecule has 0 aliphatic carbocycles. The summed E-state index contributed by atoms with van der Waals surface area (Å²) in [6.45, 7) is 6.05. The molecule has 1 aromatic heterocycles. The van der Waals surface area contributed by atoms with Gasteiger partial charge in [-0.05, 0) is 26.8 Å². The molecule has 1 aromatic carbocycles. The zero-order chi connectivity index (χ0) is 17.9. The fourth-order valence-corrected chi connectivity index (χ4v) is 2.72. The second-order valence-electron chi connectivity index (χ2n) is 6.01. The van der Waals surface area contributed by atoms with E-state index in [1.165, 1.54) is 20.3 Å². The van der Waals surface area contributed by atoms with E-state index in [0.717, 1.165) is 0 Å². The first-order valence-electron chi connectivity index (χ1n) is 7.83. The minimum Gasteiger partial charge on any atom is -0.496 e. The molecule has 6 heteroatoms. The monoisotopic (exact) mass is 336 g/mol. The summed E-state index contributed by atoms with van der Waals surface area (Å²) >= 11 is 0. The number of hydrogen-bond acceptors (Lipinski definition) is 6. The second-order valence-corrected chi connectivity index (χ2v) is 6.01. The molecule has 0 aliphatic rings. The summed E-state index contributed by atoms with van der Waals surface area (Å²) in [6.07, 6.45) is -0.498. The maximum absolute atomic E-state index is 11.4. The lowest BCUT2D eigenvalue weighted by molar-refractivity contribution is -0.0957. The number of benzene rings is 1. The van der Waals surface area contributed by atoms with E-state index in [2.05, 4.69) is 0 Å². The Hall–Kier alpha value is -2.05. The Balaban J connectivity index is 2.56. The van der Waals surface area contributed by atoms with Gasteiger partial charge in [-0.1, -0.05) is 0 Å². The van der Waals surface area contributed by atoms with Crippen molar-refractivity contribution in [2.24, 2.45) is 0 Å². The molecule has 0 aliphatic heterocycles. The van der Waals surface area contributed by atoms with Crippen molar-refractivity contribution in [3.63, 3.8) is 0 Å². The Labute approximate surface area is 140 Å². The highest BCUT2D eigenvalue weighted by molar-refractivity contribution is 5.87. The Bertz CT molecular complexity index is 762. The number of ether oxygens (including phenoxy) is 3. The second kappa shape index (κ2) is 7.23. The molecule has 0 saturated carbocycles. The van der Waals surface area contributed by atoms with Crippen molar-refractivity contribution >= 4 is 11.0 Å². The summed E-state index contributed by atoms with van der Waals surface area (Å²) < 4.78 is 21.8. The molecule has 2 aromatic rings. The van der Waals surface area contributed by atoms with Gasteiger partial charge in [-0.2, -0.15) is 0 Å². The SMILES string of the molecule is CCOC(C)(C)C(O)Cc1c(OC)cc2oc(=O)ccc2c1OC. The zero-order valence-electron chi connectivity index (χ0n) is 14.7. The summed E-state index contributed by atoms with van der Waals surface area (Å²) in [5.41, 5.74) is -0.0970. The van der Waals surface area contributed by atoms with Gasteiger partial charge in [0.25, 0.3) is 0 Å². The predicted octanol–water partition coefficient (Wildman–Crippen LogP) is 2.53. The Morgan fingerprint density at radius 1 is 1.25 bits per heavy atom. The van der Waals surface area contributed by atoms with Crippen molar-refractivity contribution in [2.75, 3.05) is 20.8 Å². The van der Waals surface area contributed by atoms with Crippen LogP contribution in [0.5, 0.6) is 11.5 Å². The quantitative estimate of drug-likeness (QED) is 0.783. The summed E-state index contributed by atoms with van der Waals surface area (Å²) in [4.78, 5) is 11.4. The Morgan fingerprint density at radius 3 is 2.54 bits per heavy atom. The average molecular weight is 336 g/mol. The lowest BCUT2D eigenvalue weighted by Gasteiger charge is -2.31. The maximum Gasteiger partial charge on any atom is 0.336 e. The molecule has 1 N–H and O–H groups in total. The zero-order valence-corrected chi connectivity index (χ0v) is 14.7. The van der Waals surface area contributed by atoms with Gasteiger partial charge in [0.05, 0.1) is 31.3 Å². The molecule has 0 amide bonds. The first kappa shape index (κ1) is 18.3. The molecule has 2 rings (SSSR count). The summed E-state index contributed by atoms with van der Waals surface area (Å²) in [7, 11) is 3.05. The van der Waals surface area contributed by atoms with Gasteiger partial charge in [0.2, 0.25) is 0 Å². The van der Waals surface area contributed by atoms with E-state index in [4.69, 9.17) is 18.6 Å². The number of aliphatic hydroxyl groups excluding tert-OH is 1. The lowest BCUT2D eigenvalue weighted by atomic mass is 9.93. The standard InChI is InChI=1S/C18H24O6/c1-6-23-18(2,3)15(19)9-12-13(21-4)10-14-11(17(12)22-5)7-8-16(20)24-14/h7-8,10,15,19H,6,9H2,1-5H3. The highest BCUT2D eigenvalue weighted by atomic mass is 16.5. The van der Waals surface area contributed by atoms with Crippen LogP contribution in [-0.2, 0) is 11.2 Å². The van der Waals surface area contributed by atoms with Crippen molar-refractivity contribution in [1.82, 2.24) is 0 Å². The maximum atomic E-state index is 11.4. The van der Waals surface area contributed by atoms with E-state index < -0.39 is 17.3 Å². The van der Waals surface area contributed by atoms with Gasteiger partial charge in [0.1, 0.15) is 17.1 Å². The average Bonchev–Trinajstić information content (AvgIpc) is 2.53. The van der Waals surface area contributed by atoms with Gasteiger partial charge < -0.3 is 23.7 Å². The van der Waals surface area contributed by atoms with Crippen molar-refractivity contribution in [2.45, 2.75) is 38.9 Å². The molecule has 1 heterocycles. The fraction of sp³-hybridized carbons (Fsp3) is 0.500. The first-order chi connectivity index (χ1) is 11.3. The molecule has 0 spiro atoms. The molecule has 0 fully saturated rings. The predicted molar refractivity (Wildman–Crippen MR) is 91.0 cm³/mol. The summed E-state index contributed by atoms with van der Waals surface area (Å²) in [5, 5.41) is 11.3. The van der Waals surface area contributed by atoms with Crippen molar-refractivity contribution in [1.29, 1.82) is 0 Å². The Kier molecular flexibility index (Phi) is 5.51. The summed E-state index contributed by atoms with van der Waals surface area (Å²) in [5.74, 6) is 1.000. The van der Waals surface area contributed by atoms with E-state index in [9.17, 15) is 9.90 Å². The van der Waals surface area contributed by atoms with Crippen molar-refractivity contribution < 1.29 is 23.7 Å². The smallest absolute Gasteiger partial charge is 0.336 e.